The van der Waals surface area contributed by atoms with E-state index in [1.807, 2.05) is 66.7 Å². The molecule has 0 bridgehead atoms. The zero-order chi connectivity index (χ0) is 17.5. The summed E-state index contributed by atoms with van der Waals surface area (Å²) in [6.45, 7) is 0.190. The highest BCUT2D eigenvalue weighted by Crippen LogP contribution is 2.27. The van der Waals surface area contributed by atoms with Crippen LogP contribution in [0.15, 0.2) is 78.9 Å². The molecule has 3 aromatic carbocycles. The normalized spacial score (nSPS) is 10.1. The number of hydrogen-bond acceptors (Lipinski definition) is 3. The van der Waals surface area contributed by atoms with Crippen molar-refractivity contribution in [1.29, 1.82) is 0 Å². The van der Waals surface area contributed by atoms with Crippen LogP contribution in [0.2, 0.25) is 0 Å². The number of carbonyl (C=O) groups is 1. The van der Waals surface area contributed by atoms with Gasteiger partial charge in [0, 0.05) is 16.9 Å². The highest BCUT2D eigenvalue weighted by Gasteiger charge is 2.07. The number of benzene rings is 3. The van der Waals surface area contributed by atoms with Gasteiger partial charge >= 0.3 is 0 Å². The number of rotatable bonds is 6. The molecule has 0 aromatic heterocycles. The Hall–Kier alpha value is -3.27. The summed E-state index contributed by atoms with van der Waals surface area (Å²) in [5.74, 6) is 0.654. The number of methoxy groups -OCH3 is 1. The number of hydrogen-bond donors (Lipinski definition) is 2. The molecule has 2 N–H and O–H groups in total. The van der Waals surface area contributed by atoms with Crippen LogP contribution in [0.1, 0.15) is 0 Å². The van der Waals surface area contributed by atoms with Crippen molar-refractivity contribution in [2.45, 2.75) is 0 Å². The van der Waals surface area contributed by atoms with Crippen LogP contribution in [0.3, 0.4) is 0 Å². The third-order valence-corrected chi connectivity index (χ3v) is 3.83. The van der Waals surface area contributed by atoms with E-state index >= 15 is 0 Å². The molecule has 0 radical (unpaired) electrons. The summed E-state index contributed by atoms with van der Waals surface area (Å²) in [7, 11) is 1.61. The van der Waals surface area contributed by atoms with E-state index in [4.69, 9.17) is 4.74 Å². The van der Waals surface area contributed by atoms with E-state index in [0.717, 1.165) is 28.3 Å². The second-order valence-corrected chi connectivity index (χ2v) is 5.54. The highest BCUT2D eigenvalue weighted by atomic mass is 16.5. The number of ether oxygens (including phenoxy) is 1. The molecule has 0 unspecified atom stereocenters. The summed E-state index contributed by atoms with van der Waals surface area (Å²) in [5.41, 5.74) is 3.85. The Morgan fingerprint density at radius 2 is 1.56 bits per heavy atom. The van der Waals surface area contributed by atoms with Gasteiger partial charge in [-0.1, -0.05) is 48.5 Å². The van der Waals surface area contributed by atoms with Crippen LogP contribution in [0.5, 0.6) is 5.75 Å². The van der Waals surface area contributed by atoms with Crippen molar-refractivity contribution in [3.05, 3.63) is 78.9 Å². The monoisotopic (exact) mass is 332 g/mol. The Morgan fingerprint density at radius 1 is 0.880 bits per heavy atom. The molecule has 25 heavy (non-hydrogen) atoms. The van der Waals surface area contributed by atoms with Gasteiger partial charge in [-0.3, -0.25) is 4.79 Å². The predicted molar refractivity (Wildman–Crippen MR) is 102 cm³/mol. The van der Waals surface area contributed by atoms with E-state index in [9.17, 15) is 4.79 Å². The lowest BCUT2D eigenvalue weighted by atomic mass is 10.0. The molecule has 0 aliphatic carbocycles. The lowest BCUT2D eigenvalue weighted by Crippen LogP contribution is -2.21. The van der Waals surface area contributed by atoms with E-state index in [1.165, 1.54) is 0 Å². The van der Waals surface area contributed by atoms with Crippen molar-refractivity contribution in [3.63, 3.8) is 0 Å². The van der Waals surface area contributed by atoms with Crippen molar-refractivity contribution >= 4 is 17.3 Å². The molecule has 0 fully saturated rings. The molecule has 0 spiro atoms. The van der Waals surface area contributed by atoms with Crippen LogP contribution < -0.4 is 15.4 Å². The lowest BCUT2D eigenvalue weighted by molar-refractivity contribution is -0.114. The minimum Gasteiger partial charge on any atom is -0.497 e. The largest absolute Gasteiger partial charge is 0.497 e. The standard InChI is InChI=1S/C21H20N2O2/c1-25-18-13-11-17(12-14-18)23-21(24)15-22-20-10-6-5-9-19(20)16-7-3-2-4-8-16/h2-14,22H,15H2,1H3,(H,23,24). The van der Waals surface area contributed by atoms with Crippen LogP contribution in [0, 0.1) is 0 Å². The Kier molecular flexibility index (Phi) is 5.32. The summed E-state index contributed by atoms with van der Waals surface area (Å²) in [6.07, 6.45) is 0. The second kappa shape index (κ2) is 8.02. The number of anilines is 2. The van der Waals surface area contributed by atoms with Crippen molar-refractivity contribution in [2.75, 3.05) is 24.3 Å². The number of carbonyl (C=O) groups excluding carboxylic acids is 1. The van der Waals surface area contributed by atoms with Crippen LogP contribution in [-0.2, 0) is 4.79 Å². The summed E-state index contributed by atoms with van der Waals surface area (Å²) in [5, 5.41) is 6.08. The SMILES string of the molecule is COc1ccc(NC(=O)CNc2ccccc2-c2ccccc2)cc1. The summed E-state index contributed by atoms with van der Waals surface area (Å²) in [6, 6.07) is 25.3. The first-order valence-corrected chi connectivity index (χ1v) is 8.08. The molecule has 1 amide bonds. The predicted octanol–water partition coefficient (Wildman–Crippen LogP) is 4.41. The summed E-state index contributed by atoms with van der Waals surface area (Å²) in [4.78, 5) is 12.2. The van der Waals surface area contributed by atoms with Gasteiger partial charge in [0.05, 0.1) is 13.7 Å². The Labute approximate surface area is 147 Å². The van der Waals surface area contributed by atoms with Gasteiger partial charge in [-0.05, 0) is 35.9 Å². The molecular weight excluding hydrogens is 312 g/mol. The summed E-state index contributed by atoms with van der Waals surface area (Å²) < 4.78 is 5.11. The number of para-hydroxylation sites is 1. The smallest absolute Gasteiger partial charge is 0.243 e. The molecule has 0 heterocycles. The van der Waals surface area contributed by atoms with Gasteiger partial charge in [0.15, 0.2) is 0 Å². The fourth-order valence-electron chi connectivity index (χ4n) is 2.56. The molecule has 3 rings (SSSR count). The maximum absolute atomic E-state index is 12.2. The average molecular weight is 332 g/mol. The maximum Gasteiger partial charge on any atom is 0.243 e. The molecule has 4 heteroatoms. The zero-order valence-electron chi connectivity index (χ0n) is 14.0. The molecule has 0 atom stereocenters. The Balaban J connectivity index is 1.64. The van der Waals surface area contributed by atoms with Crippen molar-refractivity contribution in [3.8, 4) is 16.9 Å². The van der Waals surface area contributed by atoms with Gasteiger partial charge in [0.25, 0.3) is 0 Å². The van der Waals surface area contributed by atoms with Crippen LogP contribution >= 0.6 is 0 Å². The Bertz CT molecular complexity index is 830. The van der Waals surface area contributed by atoms with Crippen molar-refractivity contribution in [2.24, 2.45) is 0 Å². The maximum atomic E-state index is 12.2. The van der Waals surface area contributed by atoms with Gasteiger partial charge in [-0.2, -0.15) is 0 Å². The third-order valence-electron chi connectivity index (χ3n) is 3.83. The Morgan fingerprint density at radius 3 is 2.28 bits per heavy atom. The van der Waals surface area contributed by atoms with E-state index < -0.39 is 0 Å². The first kappa shape index (κ1) is 16.6. The number of amides is 1. The molecule has 0 saturated carbocycles. The topological polar surface area (TPSA) is 50.4 Å². The first-order valence-electron chi connectivity index (χ1n) is 8.08. The molecule has 0 saturated heterocycles. The van der Waals surface area contributed by atoms with Gasteiger partial charge in [0.2, 0.25) is 5.91 Å². The quantitative estimate of drug-likeness (QED) is 0.703. The van der Waals surface area contributed by atoms with Gasteiger partial charge in [-0.25, -0.2) is 0 Å². The molecule has 0 aliphatic rings. The zero-order valence-corrected chi connectivity index (χ0v) is 14.0. The third kappa shape index (κ3) is 4.38. The van der Waals surface area contributed by atoms with Crippen LogP contribution in [0.4, 0.5) is 11.4 Å². The summed E-state index contributed by atoms with van der Waals surface area (Å²) >= 11 is 0. The van der Waals surface area contributed by atoms with E-state index in [1.54, 1.807) is 7.11 Å². The first-order chi connectivity index (χ1) is 12.3. The van der Waals surface area contributed by atoms with Gasteiger partial charge in [0.1, 0.15) is 5.75 Å². The van der Waals surface area contributed by atoms with E-state index in [2.05, 4.69) is 22.8 Å². The lowest BCUT2D eigenvalue weighted by Gasteiger charge is -2.12. The minimum atomic E-state index is -0.104. The van der Waals surface area contributed by atoms with Crippen molar-refractivity contribution in [1.82, 2.24) is 0 Å². The van der Waals surface area contributed by atoms with Crippen molar-refractivity contribution < 1.29 is 9.53 Å². The average Bonchev–Trinajstić information content (AvgIpc) is 2.68. The second-order valence-electron chi connectivity index (χ2n) is 5.54. The fourth-order valence-corrected chi connectivity index (χ4v) is 2.56. The van der Waals surface area contributed by atoms with Gasteiger partial charge in [-0.15, -0.1) is 0 Å². The van der Waals surface area contributed by atoms with Crippen LogP contribution in [-0.4, -0.2) is 19.6 Å². The molecular formula is C21H20N2O2. The molecule has 3 aromatic rings. The highest BCUT2D eigenvalue weighted by molar-refractivity contribution is 5.94. The fraction of sp³-hybridized carbons (Fsp3) is 0.0952. The van der Waals surface area contributed by atoms with E-state index in [0.29, 0.717) is 0 Å². The van der Waals surface area contributed by atoms with Crippen LogP contribution in [0.25, 0.3) is 11.1 Å². The molecule has 126 valence electrons. The molecule has 4 nitrogen and oxygen atoms in total. The van der Waals surface area contributed by atoms with Gasteiger partial charge < -0.3 is 15.4 Å². The molecule has 0 aliphatic heterocycles. The van der Waals surface area contributed by atoms with E-state index in [-0.39, 0.29) is 12.5 Å². The minimum absolute atomic E-state index is 0.104. The number of nitrogens with one attached hydrogen (secondary N) is 2.